The highest BCUT2D eigenvalue weighted by molar-refractivity contribution is 5.49. The number of rotatable bonds is 2. The number of hydrogen-bond donors (Lipinski definition) is 0. The molecule has 0 radical (unpaired) electrons. The first-order valence-electron chi connectivity index (χ1n) is 4.85. The van der Waals surface area contributed by atoms with Crippen LogP contribution >= 0.6 is 0 Å². The molecule has 80 valence electrons. The van der Waals surface area contributed by atoms with E-state index in [2.05, 4.69) is 0 Å². The molecule has 0 N–H and O–H groups in total. The quantitative estimate of drug-likeness (QED) is 0.688. The van der Waals surface area contributed by atoms with E-state index in [9.17, 15) is 9.18 Å². The largest absolute Gasteiger partial charge is 0.377 e. The molecule has 1 aliphatic heterocycles. The maximum atomic E-state index is 12.7. The van der Waals surface area contributed by atoms with Crippen molar-refractivity contribution < 1.29 is 13.9 Å². The molecule has 2 rings (SSSR count). The SMILES string of the molecule is O=CN1CCOC[C@@H]1c1ccc(F)cc1. The van der Waals surface area contributed by atoms with E-state index in [4.69, 9.17) is 4.74 Å². The van der Waals surface area contributed by atoms with Crippen molar-refractivity contribution in [2.45, 2.75) is 6.04 Å². The van der Waals surface area contributed by atoms with Crippen LogP contribution in [0, 0.1) is 5.82 Å². The fourth-order valence-electron chi connectivity index (χ4n) is 1.72. The predicted molar refractivity (Wildman–Crippen MR) is 52.7 cm³/mol. The van der Waals surface area contributed by atoms with Gasteiger partial charge in [0.1, 0.15) is 5.82 Å². The Balaban J connectivity index is 2.20. The summed E-state index contributed by atoms with van der Waals surface area (Å²) < 4.78 is 18.0. The molecule has 3 nitrogen and oxygen atoms in total. The monoisotopic (exact) mass is 209 g/mol. The molecule has 0 saturated carbocycles. The summed E-state index contributed by atoms with van der Waals surface area (Å²) in [5.74, 6) is -0.270. The molecule has 0 spiro atoms. The van der Waals surface area contributed by atoms with Gasteiger partial charge < -0.3 is 9.64 Å². The number of ether oxygens (including phenoxy) is 1. The van der Waals surface area contributed by atoms with Crippen molar-refractivity contribution in [3.8, 4) is 0 Å². The van der Waals surface area contributed by atoms with E-state index >= 15 is 0 Å². The summed E-state index contributed by atoms with van der Waals surface area (Å²) >= 11 is 0. The van der Waals surface area contributed by atoms with Gasteiger partial charge in [-0.05, 0) is 17.7 Å². The van der Waals surface area contributed by atoms with Crippen molar-refractivity contribution in [1.82, 2.24) is 4.90 Å². The molecule has 1 aromatic carbocycles. The topological polar surface area (TPSA) is 29.5 Å². The van der Waals surface area contributed by atoms with Gasteiger partial charge in [-0.2, -0.15) is 0 Å². The van der Waals surface area contributed by atoms with Gasteiger partial charge in [0.2, 0.25) is 6.41 Å². The summed E-state index contributed by atoms with van der Waals surface area (Å²) in [6.07, 6.45) is 0.816. The third-order valence-corrected chi connectivity index (χ3v) is 2.56. The van der Waals surface area contributed by atoms with Gasteiger partial charge in [0, 0.05) is 6.54 Å². The van der Waals surface area contributed by atoms with Crippen molar-refractivity contribution >= 4 is 6.41 Å². The highest BCUT2D eigenvalue weighted by atomic mass is 19.1. The Hall–Kier alpha value is -1.42. The zero-order chi connectivity index (χ0) is 10.7. The molecule has 0 aliphatic carbocycles. The first-order valence-corrected chi connectivity index (χ1v) is 4.85. The average Bonchev–Trinajstić information content (AvgIpc) is 2.30. The summed E-state index contributed by atoms with van der Waals surface area (Å²) in [5.41, 5.74) is 0.906. The van der Waals surface area contributed by atoms with Crippen LogP contribution in [-0.4, -0.2) is 31.1 Å². The summed E-state index contributed by atoms with van der Waals surface area (Å²) in [7, 11) is 0. The Morgan fingerprint density at radius 3 is 2.80 bits per heavy atom. The third kappa shape index (κ3) is 2.15. The van der Waals surface area contributed by atoms with Gasteiger partial charge in [-0.1, -0.05) is 12.1 Å². The lowest BCUT2D eigenvalue weighted by molar-refractivity contribution is -0.126. The van der Waals surface area contributed by atoms with E-state index in [1.54, 1.807) is 17.0 Å². The lowest BCUT2D eigenvalue weighted by Crippen LogP contribution is -2.38. The predicted octanol–water partition coefficient (Wildman–Crippen LogP) is 1.36. The maximum absolute atomic E-state index is 12.7. The molecule has 15 heavy (non-hydrogen) atoms. The van der Waals surface area contributed by atoms with Crippen molar-refractivity contribution in [1.29, 1.82) is 0 Å². The maximum Gasteiger partial charge on any atom is 0.210 e. The van der Waals surface area contributed by atoms with E-state index < -0.39 is 0 Å². The Morgan fingerprint density at radius 1 is 1.40 bits per heavy atom. The highest BCUT2D eigenvalue weighted by Crippen LogP contribution is 2.22. The second-order valence-corrected chi connectivity index (χ2v) is 3.49. The van der Waals surface area contributed by atoms with E-state index in [0.29, 0.717) is 19.8 Å². The molecule has 1 aliphatic rings. The van der Waals surface area contributed by atoms with Crippen LogP contribution in [0.4, 0.5) is 4.39 Å². The van der Waals surface area contributed by atoms with Crippen LogP contribution in [0.1, 0.15) is 11.6 Å². The number of benzene rings is 1. The van der Waals surface area contributed by atoms with Crippen molar-refractivity contribution in [3.05, 3.63) is 35.6 Å². The molecule has 4 heteroatoms. The Labute approximate surface area is 87.5 Å². The molecule has 0 bridgehead atoms. The van der Waals surface area contributed by atoms with Gasteiger partial charge in [-0.25, -0.2) is 4.39 Å². The molecule has 1 heterocycles. The third-order valence-electron chi connectivity index (χ3n) is 2.56. The van der Waals surface area contributed by atoms with Crippen LogP contribution in [0.3, 0.4) is 0 Å². The number of nitrogens with zero attached hydrogens (tertiary/aromatic N) is 1. The van der Waals surface area contributed by atoms with E-state index in [1.165, 1.54) is 12.1 Å². The number of carbonyl (C=O) groups is 1. The number of amides is 1. The van der Waals surface area contributed by atoms with Crippen molar-refractivity contribution in [2.75, 3.05) is 19.8 Å². The normalized spacial score (nSPS) is 21.4. The average molecular weight is 209 g/mol. The smallest absolute Gasteiger partial charge is 0.210 e. The number of halogens is 1. The molecular weight excluding hydrogens is 197 g/mol. The van der Waals surface area contributed by atoms with Gasteiger partial charge in [0.05, 0.1) is 19.3 Å². The minimum atomic E-state index is -0.270. The molecule has 0 aromatic heterocycles. The van der Waals surface area contributed by atoms with Gasteiger partial charge in [-0.15, -0.1) is 0 Å². The molecule has 1 saturated heterocycles. The number of morpholine rings is 1. The second kappa shape index (κ2) is 4.40. The van der Waals surface area contributed by atoms with Gasteiger partial charge in [0.25, 0.3) is 0 Å². The molecule has 0 unspecified atom stereocenters. The minimum Gasteiger partial charge on any atom is -0.377 e. The van der Waals surface area contributed by atoms with Crippen LogP contribution < -0.4 is 0 Å². The van der Waals surface area contributed by atoms with Gasteiger partial charge in [-0.3, -0.25) is 4.79 Å². The standard InChI is InChI=1S/C11H12FNO2/c12-10-3-1-9(2-4-10)11-7-15-6-5-13(11)8-14/h1-4,8,11H,5-7H2/t11-/m1/s1. The van der Waals surface area contributed by atoms with E-state index in [1.807, 2.05) is 0 Å². The molecular formula is C11H12FNO2. The van der Waals surface area contributed by atoms with Crippen LogP contribution in [-0.2, 0) is 9.53 Å². The van der Waals surface area contributed by atoms with Crippen molar-refractivity contribution in [3.63, 3.8) is 0 Å². The van der Waals surface area contributed by atoms with Gasteiger partial charge in [0.15, 0.2) is 0 Å². The van der Waals surface area contributed by atoms with Crippen LogP contribution in [0.5, 0.6) is 0 Å². The molecule has 1 fully saturated rings. The highest BCUT2D eigenvalue weighted by Gasteiger charge is 2.22. The summed E-state index contributed by atoms with van der Waals surface area (Å²) in [5, 5.41) is 0. The lowest BCUT2D eigenvalue weighted by atomic mass is 10.1. The Kier molecular flexibility index (Phi) is 2.97. The summed E-state index contributed by atoms with van der Waals surface area (Å²) in [6, 6.07) is 6.08. The Bertz CT molecular complexity index is 339. The minimum absolute atomic E-state index is 0.0863. The first kappa shape index (κ1) is 10.1. The first-order chi connectivity index (χ1) is 7.31. The molecule has 1 atom stereocenters. The summed E-state index contributed by atoms with van der Waals surface area (Å²) in [6.45, 7) is 1.63. The van der Waals surface area contributed by atoms with Crippen LogP contribution in [0.15, 0.2) is 24.3 Å². The Morgan fingerprint density at radius 2 is 2.13 bits per heavy atom. The zero-order valence-electron chi connectivity index (χ0n) is 8.23. The van der Waals surface area contributed by atoms with E-state index in [-0.39, 0.29) is 11.9 Å². The summed E-state index contributed by atoms with van der Waals surface area (Å²) in [4.78, 5) is 12.5. The van der Waals surface area contributed by atoms with Crippen LogP contribution in [0.25, 0.3) is 0 Å². The molecule has 1 amide bonds. The number of hydrogen-bond acceptors (Lipinski definition) is 2. The van der Waals surface area contributed by atoms with E-state index in [0.717, 1.165) is 12.0 Å². The van der Waals surface area contributed by atoms with Crippen LogP contribution in [0.2, 0.25) is 0 Å². The van der Waals surface area contributed by atoms with Crippen molar-refractivity contribution in [2.24, 2.45) is 0 Å². The number of carbonyl (C=O) groups excluding carboxylic acids is 1. The molecule has 1 aromatic rings. The zero-order valence-corrected chi connectivity index (χ0v) is 8.23. The fraction of sp³-hybridized carbons (Fsp3) is 0.364. The van der Waals surface area contributed by atoms with Gasteiger partial charge >= 0.3 is 0 Å². The lowest BCUT2D eigenvalue weighted by Gasteiger charge is -2.32. The second-order valence-electron chi connectivity index (χ2n) is 3.49. The fourth-order valence-corrected chi connectivity index (χ4v) is 1.72.